The van der Waals surface area contributed by atoms with Crippen molar-refractivity contribution in [3.8, 4) is 0 Å². The third-order valence-electron chi connectivity index (χ3n) is 4.04. The van der Waals surface area contributed by atoms with Crippen LogP contribution in [0, 0.1) is 11.8 Å². The molecule has 5 nitrogen and oxygen atoms in total. The van der Waals surface area contributed by atoms with E-state index < -0.39 is 11.5 Å². The molecule has 0 saturated heterocycles. The van der Waals surface area contributed by atoms with Crippen molar-refractivity contribution in [2.75, 3.05) is 6.54 Å². The first-order valence-electron chi connectivity index (χ1n) is 7.16. The van der Waals surface area contributed by atoms with Gasteiger partial charge in [0.2, 0.25) is 5.91 Å². The van der Waals surface area contributed by atoms with Crippen LogP contribution in [-0.4, -0.2) is 29.1 Å². The minimum atomic E-state index is -0.799. The van der Waals surface area contributed by atoms with Gasteiger partial charge in [0, 0.05) is 6.54 Å². The summed E-state index contributed by atoms with van der Waals surface area (Å²) in [5, 5.41) is 11.8. The summed E-state index contributed by atoms with van der Waals surface area (Å²) in [6, 6.07) is 0. The van der Waals surface area contributed by atoms with Gasteiger partial charge in [-0.2, -0.15) is 0 Å². The van der Waals surface area contributed by atoms with Gasteiger partial charge in [-0.15, -0.1) is 0 Å². The second-order valence-electron chi connectivity index (χ2n) is 5.93. The Bertz CT molecular complexity index is 321. The number of hydrogen-bond acceptors (Lipinski definition) is 3. The Balaban J connectivity index is 2.31. The third kappa shape index (κ3) is 4.82. The molecule has 0 aliphatic heterocycles. The highest BCUT2D eigenvalue weighted by Gasteiger charge is 2.29. The third-order valence-corrected chi connectivity index (χ3v) is 4.04. The molecule has 0 heterocycles. The monoisotopic (exact) mass is 270 g/mol. The Kier molecular flexibility index (Phi) is 5.79. The van der Waals surface area contributed by atoms with Crippen molar-refractivity contribution >= 4 is 11.9 Å². The molecule has 110 valence electrons. The van der Waals surface area contributed by atoms with E-state index in [9.17, 15) is 9.59 Å². The quantitative estimate of drug-likeness (QED) is 0.682. The van der Waals surface area contributed by atoms with Crippen molar-refractivity contribution in [3.05, 3.63) is 0 Å². The number of nitrogens with two attached hydrogens (primary N) is 1. The second kappa shape index (κ2) is 6.89. The molecule has 0 spiro atoms. The normalized spacial score (nSPS) is 26.5. The SMILES string of the molecule is CCCC(C)(N)C(=O)NCC1CCC(C(=O)O)CC1. The molecular formula is C14H26N2O3. The molecule has 0 bridgehead atoms. The van der Waals surface area contributed by atoms with Crippen LogP contribution in [-0.2, 0) is 9.59 Å². The lowest BCUT2D eigenvalue weighted by Gasteiger charge is -2.28. The maximum absolute atomic E-state index is 11.9. The van der Waals surface area contributed by atoms with E-state index in [1.165, 1.54) is 0 Å². The number of rotatable bonds is 6. The van der Waals surface area contributed by atoms with Gasteiger partial charge in [-0.25, -0.2) is 0 Å². The molecule has 19 heavy (non-hydrogen) atoms. The first-order chi connectivity index (χ1) is 8.86. The van der Waals surface area contributed by atoms with Gasteiger partial charge in [-0.3, -0.25) is 9.59 Å². The first kappa shape index (κ1) is 16.0. The fourth-order valence-corrected chi connectivity index (χ4v) is 2.69. The molecule has 4 N–H and O–H groups in total. The number of amides is 1. The van der Waals surface area contributed by atoms with Gasteiger partial charge >= 0.3 is 5.97 Å². The predicted octanol–water partition coefficient (Wildman–Crippen LogP) is 1.51. The summed E-state index contributed by atoms with van der Waals surface area (Å²) in [6.07, 6.45) is 4.71. The highest BCUT2D eigenvalue weighted by molar-refractivity contribution is 5.85. The van der Waals surface area contributed by atoms with Crippen molar-refractivity contribution in [1.29, 1.82) is 0 Å². The maximum Gasteiger partial charge on any atom is 0.306 e. The minimum absolute atomic E-state index is 0.102. The van der Waals surface area contributed by atoms with Gasteiger partial charge < -0.3 is 16.2 Å². The zero-order chi connectivity index (χ0) is 14.5. The average molecular weight is 270 g/mol. The van der Waals surface area contributed by atoms with Crippen LogP contribution in [0.5, 0.6) is 0 Å². The van der Waals surface area contributed by atoms with E-state index in [2.05, 4.69) is 5.32 Å². The molecule has 1 amide bonds. The fraction of sp³-hybridized carbons (Fsp3) is 0.857. The molecule has 0 aromatic carbocycles. The summed E-state index contributed by atoms with van der Waals surface area (Å²) in [5.74, 6) is -0.613. The molecular weight excluding hydrogens is 244 g/mol. The van der Waals surface area contributed by atoms with E-state index in [0.29, 0.717) is 31.7 Å². The Morgan fingerprint density at radius 3 is 2.37 bits per heavy atom. The van der Waals surface area contributed by atoms with E-state index in [1.807, 2.05) is 6.92 Å². The van der Waals surface area contributed by atoms with E-state index in [1.54, 1.807) is 6.92 Å². The largest absolute Gasteiger partial charge is 0.481 e. The van der Waals surface area contributed by atoms with Gasteiger partial charge in [0.25, 0.3) is 0 Å². The first-order valence-corrected chi connectivity index (χ1v) is 7.16. The number of carbonyl (C=O) groups excluding carboxylic acids is 1. The molecule has 1 rings (SSSR count). The number of aliphatic carboxylic acids is 1. The highest BCUT2D eigenvalue weighted by atomic mass is 16.4. The second-order valence-corrected chi connectivity index (χ2v) is 5.93. The van der Waals surface area contributed by atoms with Crippen molar-refractivity contribution < 1.29 is 14.7 Å². The van der Waals surface area contributed by atoms with E-state index in [-0.39, 0.29) is 11.8 Å². The number of carbonyl (C=O) groups is 2. The molecule has 1 fully saturated rings. The van der Waals surface area contributed by atoms with E-state index in [0.717, 1.165) is 19.3 Å². The Morgan fingerprint density at radius 2 is 1.89 bits per heavy atom. The van der Waals surface area contributed by atoms with Crippen LogP contribution in [0.25, 0.3) is 0 Å². The predicted molar refractivity (Wildman–Crippen MR) is 73.6 cm³/mol. The Hall–Kier alpha value is -1.10. The van der Waals surface area contributed by atoms with Gasteiger partial charge in [-0.1, -0.05) is 13.3 Å². The van der Waals surface area contributed by atoms with Crippen LogP contribution >= 0.6 is 0 Å². The van der Waals surface area contributed by atoms with Crippen LogP contribution in [0.2, 0.25) is 0 Å². The van der Waals surface area contributed by atoms with Crippen molar-refractivity contribution in [1.82, 2.24) is 5.32 Å². The van der Waals surface area contributed by atoms with E-state index in [4.69, 9.17) is 10.8 Å². The summed E-state index contributed by atoms with van der Waals surface area (Å²) in [4.78, 5) is 22.8. The van der Waals surface area contributed by atoms with E-state index >= 15 is 0 Å². The average Bonchev–Trinajstić information content (AvgIpc) is 2.36. The molecule has 1 atom stereocenters. The van der Waals surface area contributed by atoms with Gasteiger partial charge in [0.05, 0.1) is 11.5 Å². The topological polar surface area (TPSA) is 92.4 Å². The van der Waals surface area contributed by atoms with Crippen LogP contribution in [0.3, 0.4) is 0 Å². The molecule has 1 unspecified atom stereocenters. The van der Waals surface area contributed by atoms with Crippen molar-refractivity contribution in [3.63, 3.8) is 0 Å². The Morgan fingerprint density at radius 1 is 1.32 bits per heavy atom. The van der Waals surface area contributed by atoms with Crippen LogP contribution in [0.4, 0.5) is 0 Å². The summed E-state index contributed by atoms with van der Waals surface area (Å²) in [7, 11) is 0. The standard InChI is InChI=1S/C14H26N2O3/c1-3-8-14(2,15)13(19)16-9-10-4-6-11(7-5-10)12(17)18/h10-11H,3-9,15H2,1-2H3,(H,16,19)(H,17,18). The van der Waals surface area contributed by atoms with Gasteiger partial charge in [0.1, 0.15) is 0 Å². The molecule has 1 aliphatic carbocycles. The summed E-state index contributed by atoms with van der Waals surface area (Å²) >= 11 is 0. The zero-order valence-corrected chi connectivity index (χ0v) is 11.9. The van der Waals surface area contributed by atoms with Gasteiger partial charge in [-0.05, 0) is 44.9 Å². The summed E-state index contributed by atoms with van der Waals surface area (Å²) in [6.45, 7) is 4.38. The molecule has 0 aromatic heterocycles. The van der Waals surface area contributed by atoms with Crippen LogP contribution in [0.15, 0.2) is 0 Å². The highest BCUT2D eigenvalue weighted by Crippen LogP contribution is 2.28. The lowest BCUT2D eigenvalue weighted by atomic mass is 9.82. The number of carboxylic acid groups (broad SMARTS) is 1. The number of hydrogen-bond donors (Lipinski definition) is 3. The van der Waals surface area contributed by atoms with Crippen molar-refractivity contribution in [2.45, 2.75) is 57.9 Å². The zero-order valence-electron chi connectivity index (χ0n) is 11.9. The van der Waals surface area contributed by atoms with Gasteiger partial charge in [0.15, 0.2) is 0 Å². The molecule has 1 saturated carbocycles. The lowest BCUT2D eigenvalue weighted by Crippen LogP contribution is -2.52. The molecule has 1 aliphatic rings. The fourth-order valence-electron chi connectivity index (χ4n) is 2.69. The van der Waals surface area contributed by atoms with Crippen molar-refractivity contribution in [2.24, 2.45) is 17.6 Å². The van der Waals surface area contributed by atoms with Crippen LogP contribution < -0.4 is 11.1 Å². The number of nitrogens with one attached hydrogen (secondary N) is 1. The maximum atomic E-state index is 11.9. The Labute approximate surface area is 114 Å². The lowest BCUT2D eigenvalue weighted by molar-refractivity contribution is -0.143. The number of carboxylic acids is 1. The molecule has 0 aromatic rings. The van der Waals surface area contributed by atoms with Crippen LogP contribution in [0.1, 0.15) is 52.4 Å². The molecule has 0 radical (unpaired) electrons. The smallest absolute Gasteiger partial charge is 0.306 e. The summed E-state index contributed by atoms with van der Waals surface area (Å²) in [5.41, 5.74) is 5.16. The minimum Gasteiger partial charge on any atom is -0.481 e. The molecule has 5 heteroatoms. The summed E-state index contributed by atoms with van der Waals surface area (Å²) < 4.78 is 0.